The molecular weight excluding hydrogens is 320 g/mol. The summed E-state index contributed by atoms with van der Waals surface area (Å²) in [6.07, 6.45) is 0.671. The van der Waals surface area contributed by atoms with E-state index in [0.29, 0.717) is 6.42 Å². The Bertz CT molecular complexity index is 947. The molecule has 0 aliphatic carbocycles. The van der Waals surface area contributed by atoms with E-state index in [2.05, 4.69) is 34.2 Å². The van der Waals surface area contributed by atoms with Crippen molar-refractivity contribution in [3.63, 3.8) is 0 Å². The van der Waals surface area contributed by atoms with E-state index >= 15 is 0 Å². The summed E-state index contributed by atoms with van der Waals surface area (Å²) < 4.78 is 0. The molecule has 0 unspecified atom stereocenters. The summed E-state index contributed by atoms with van der Waals surface area (Å²) in [5, 5.41) is 6.84. The molecule has 1 heterocycles. The first-order chi connectivity index (χ1) is 12.8. The number of anilines is 2. The molecule has 4 rings (SSSR count). The standard InChI is InChI=1S/C22H20N4/c1-17(16-22-23-20-14-8-9-15-21(20)24-22)25-26(18-10-4-2-5-11-18)19-12-6-3-7-13-19/h2-15H,16H2,1H3,(H,23,24)/b25-17+. The number of nitrogens with one attached hydrogen (secondary N) is 1. The molecule has 0 radical (unpaired) electrons. The van der Waals surface area contributed by atoms with E-state index in [1.54, 1.807) is 0 Å². The zero-order valence-electron chi connectivity index (χ0n) is 14.6. The Labute approximate surface area is 152 Å². The summed E-state index contributed by atoms with van der Waals surface area (Å²) in [6, 6.07) is 28.4. The first-order valence-corrected chi connectivity index (χ1v) is 8.67. The number of hydrogen-bond donors (Lipinski definition) is 1. The fourth-order valence-electron chi connectivity index (χ4n) is 2.94. The summed E-state index contributed by atoms with van der Waals surface area (Å²) in [5.74, 6) is 0.925. The van der Waals surface area contributed by atoms with Crippen LogP contribution >= 0.6 is 0 Å². The number of nitrogens with zero attached hydrogens (tertiary/aromatic N) is 3. The van der Waals surface area contributed by atoms with Crippen molar-refractivity contribution in [1.29, 1.82) is 0 Å². The van der Waals surface area contributed by atoms with Crippen LogP contribution in [-0.4, -0.2) is 15.7 Å². The zero-order valence-corrected chi connectivity index (χ0v) is 14.6. The average molecular weight is 340 g/mol. The van der Waals surface area contributed by atoms with Gasteiger partial charge in [-0.15, -0.1) is 0 Å². The normalized spacial score (nSPS) is 11.7. The quantitative estimate of drug-likeness (QED) is 0.395. The summed E-state index contributed by atoms with van der Waals surface area (Å²) in [5.41, 5.74) is 5.08. The van der Waals surface area contributed by atoms with Crippen LogP contribution in [0.5, 0.6) is 0 Å². The van der Waals surface area contributed by atoms with Gasteiger partial charge in [0.1, 0.15) is 5.82 Å². The third-order valence-corrected chi connectivity index (χ3v) is 4.13. The van der Waals surface area contributed by atoms with E-state index in [9.17, 15) is 0 Å². The van der Waals surface area contributed by atoms with Crippen LogP contribution in [0.15, 0.2) is 90.0 Å². The number of benzene rings is 3. The lowest BCUT2D eigenvalue weighted by atomic mass is 10.2. The Balaban J connectivity index is 1.65. The Morgan fingerprint density at radius 2 is 1.42 bits per heavy atom. The van der Waals surface area contributed by atoms with Gasteiger partial charge in [-0.05, 0) is 43.3 Å². The number of imidazole rings is 1. The van der Waals surface area contributed by atoms with Gasteiger partial charge >= 0.3 is 0 Å². The number of aromatic nitrogens is 2. The van der Waals surface area contributed by atoms with Crippen LogP contribution in [0.1, 0.15) is 12.7 Å². The molecule has 0 saturated heterocycles. The molecule has 1 aromatic heterocycles. The van der Waals surface area contributed by atoms with E-state index < -0.39 is 0 Å². The first-order valence-electron chi connectivity index (χ1n) is 8.67. The molecule has 0 spiro atoms. The van der Waals surface area contributed by atoms with E-state index in [1.165, 1.54) is 0 Å². The Hall–Kier alpha value is -3.40. The minimum atomic E-state index is 0.671. The van der Waals surface area contributed by atoms with Crippen LogP contribution < -0.4 is 5.01 Å². The maximum atomic E-state index is 4.87. The molecule has 26 heavy (non-hydrogen) atoms. The highest BCUT2D eigenvalue weighted by Crippen LogP contribution is 2.25. The van der Waals surface area contributed by atoms with E-state index in [1.807, 2.05) is 72.6 Å². The van der Waals surface area contributed by atoms with Gasteiger partial charge in [0.05, 0.1) is 22.4 Å². The molecule has 4 heteroatoms. The molecule has 3 aromatic carbocycles. The topological polar surface area (TPSA) is 44.3 Å². The van der Waals surface area contributed by atoms with Gasteiger partial charge in [0.15, 0.2) is 0 Å². The molecule has 0 aliphatic rings. The predicted molar refractivity (Wildman–Crippen MR) is 108 cm³/mol. The second-order valence-electron chi connectivity index (χ2n) is 6.20. The van der Waals surface area contributed by atoms with Crippen LogP contribution in [0.4, 0.5) is 11.4 Å². The van der Waals surface area contributed by atoms with Crippen molar-refractivity contribution in [3.8, 4) is 0 Å². The lowest BCUT2D eigenvalue weighted by Gasteiger charge is -2.20. The van der Waals surface area contributed by atoms with Crippen molar-refractivity contribution >= 4 is 28.1 Å². The van der Waals surface area contributed by atoms with Crippen molar-refractivity contribution in [2.45, 2.75) is 13.3 Å². The van der Waals surface area contributed by atoms with Crippen LogP contribution in [-0.2, 0) is 6.42 Å². The van der Waals surface area contributed by atoms with Gasteiger partial charge in [0.25, 0.3) is 0 Å². The van der Waals surface area contributed by atoms with E-state index in [-0.39, 0.29) is 0 Å². The smallest absolute Gasteiger partial charge is 0.112 e. The number of hydrogen-bond acceptors (Lipinski definition) is 3. The lowest BCUT2D eigenvalue weighted by Crippen LogP contribution is -2.13. The summed E-state index contributed by atoms with van der Waals surface area (Å²) >= 11 is 0. The third kappa shape index (κ3) is 3.49. The van der Waals surface area contributed by atoms with Gasteiger partial charge in [-0.25, -0.2) is 9.99 Å². The minimum Gasteiger partial charge on any atom is -0.342 e. The molecule has 128 valence electrons. The molecule has 0 saturated carbocycles. The number of hydrazone groups is 1. The highest BCUT2D eigenvalue weighted by Gasteiger charge is 2.09. The largest absolute Gasteiger partial charge is 0.342 e. The summed E-state index contributed by atoms with van der Waals surface area (Å²) in [4.78, 5) is 8.02. The number of para-hydroxylation sites is 4. The van der Waals surface area contributed by atoms with Crippen LogP contribution in [0, 0.1) is 0 Å². The summed E-state index contributed by atoms with van der Waals surface area (Å²) in [6.45, 7) is 2.03. The second kappa shape index (κ2) is 7.23. The Morgan fingerprint density at radius 3 is 2.04 bits per heavy atom. The first kappa shape index (κ1) is 16.1. The van der Waals surface area contributed by atoms with Gasteiger partial charge in [0, 0.05) is 12.1 Å². The van der Waals surface area contributed by atoms with Gasteiger partial charge < -0.3 is 4.98 Å². The fraction of sp³-hybridized carbons (Fsp3) is 0.0909. The molecule has 0 aliphatic heterocycles. The number of fused-ring (bicyclic) bond motifs is 1. The van der Waals surface area contributed by atoms with Crippen molar-refractivity contribution in [3.05, 3.63) is 90.8 Å². The maximum absolute atomic E-state index is 4.87. The number of rotatable bonds is 5. The number of aromatic amines is 1. The van der Waals surface area contributed by atoms with Crippen LogP contribution in [0.2, 0.25) is 0 Å². The van der Waals surface area contributed by atoms with Crippen molar-refractivity contribution in [2.24, 2.45) is 5.10 Å². The van der Waals surface area contributed by atoms with Crippen molar-refractivity contribution in [1.82, 2.24) is 9.97 Å². The zero-order chi connectivity index (χ0) is 17.8. The summed E-state index contributed by atoms with van der Waals surface area (Å²) in [7, 11) is 0. The van der Waals surface area contributed by atoms with E-state index in [0.717, 1.165) is 33.9 Å². The van der Waals surface area contributed by atoms with Gasteiger partial charge in [-0.2, -0.15) is 5.10 Å². The second-order valence-corrected chi connectivity index (χ2v) is 6.20. The van der Waals surface area contributed by atoms with Crippen LogP contribution in [0.25, 0.3) is 11.0 Å². The molecule has 0 atom stereocenters. The van der Waals surface area contributed by atoms with Crippen LogP contribution in [0.3, 0.4) is 0 Å². The van der Waals surface area contributed by atoms with Gasteiger partial charge in [0.2, 0.25) is 0 Å². The third-order valence-electron chi connectivity index (χ3n) is 4.13. The Kier molecular flexibility index (Phi) is 4.48. The van der Waals surface area contributed by atoms with Gasteiger partial charge in [-0.1, -0.05) is 48.5 Å². The lowest BCUT2D eigenvalue weighted by molar-refractivity contribution is 1.03. The Morgan fingerprint density at radius 1 is 0.846 bits per heavy atom. The molecule has 4 aromatic rings. The predicted octanol–water partition coefficient (Wildman–Crippen LogP) is 5.32. The molecule has 0 bridgehead atoms. The molecule has 0 fully saturated rings. The molecule has 1 N–H and O–H groups in total. The number of H-pyrrole nitrogens is 1. The highest BCUT2D eigenvalue weighted by molar-refractivity contribution is 5.86. The molecule has 4 nitrogen and oxygen atoms in total. The monoisotopic (exact) mass is 340 g/mol. The molecular formula is C22H20N4. The highest BCUT2D eigenvalue weighted by atomic mass is 15.5. The minimum absolute atomic E-state index is 0.671. The van der Waals surface area contributed by atoms with Crippen molar-refractivity contribution in [2.75, 3.05) is 5.01 Å². The van der Waals surface area contributed by atoms with Gasteiger partial charge in [-0.3, -0.25) is 0 Å². The fourth-order valence-corrected chi connectivity index (χ4v) is 2.94. The molecule has 0 amide bonds. The van der Waals surface area contributed by atoms with E-state index in [4.69, 9.17) is 5.10 Å². The SMILES string of the molecule is C/C(Cc1nc2ccccc2[nH]1)=N\N(c1ccccc1)c1ccccc1. The average Bonchev–Trinajstić information content (AvgIpc) is 3.09. The maximum Gasteiger partial charge on any atom is 0.112 e. The van der Waals surface area contributed by atoms with Crippen molar-refractivity contribution < 1.29 is 0 Å².